The number of hydrogen-bond acceptors (Lipinski definition) is 5. The Labute approximate surface area is 189 Å². The number of aromatic nitrogens is 1. The number of benzene rings is 1. The highest BCUT2D eigenvalue weighted by atomic mass is 32.2. The SMILES string of the molecule is CCOC(=O)c1c(C)[nH]c(C)c1S(=O)(=O)N1CCC(C(=O)Nc2cccc(CC)c2)CC1. The summed E-state index contributed by atoms with van der Waals surface area (Å²) in [6.45, 7) is 7.59. The quantitative estimate of drug-likeness (QED) is 0.614. The first-order valence-electron chi connectivity index (χ1n) is 10.9. The number of nitrogens with zero attached hydrogens (tertiary/aromatic N) is 1. The lowest BCUT2D eigenvalue weighted by atomic mass is 9.97. The van der Waals surface area contributed by atoms with Gasteiger partial charge in [-0.25, -0.2) is 13.2 Å². The fraction of sp³-hybridized carbons (Fsp3) is 0.478. The predicted molar refractivity (Wildman–Crippen MR) is 122 cm³/mol. The van der Waals surface area contributed by atoms with Crippen LogP contribution >= 0.6 is 0 Å². The molecule has 9 heteroatoms. The van der Waals surface area contributed by atoms with Gasteiger partial charge in [-0.2, -0.15) is 4.31 Å². The Hall–Kier alpha value is -2.65. The fourth-order valence-corrected chi connectivity index (χ4v) is 6.01. The van der Waals surface area contributed by atoms with Gasteiger partial charge in [0.25, 0.3) is 0 Å². The van der Waals surface area contributed by atoms with E-state index in [1.165, 1.54) is 4.31 Å². The highest BCUT2D eigenvalue weighted by molar-refractivity contribution is 7.89. The Morgan fingerprint density at radius 1 is 1.16 bits per heavy atom. The van der Waals surface area contributed by atoms with Crippen LogP contribution in [-0.2, 0) is 26.0 Å². The molecule has 0 radical (unpaired) electrons. The number of hydrogen-bond donors (Lipinski definition) is 2. The zero-order chi connectivity index (χ0) is 23.5. The van der Waals surface area contributed by atoms with Gasteiger partial charge in [0.15, 0.2) is 0 Å². The minimum atomic E-state index is -3.91. The first kappa shape index (κ1) is 24.0. The van der Waals surface area contributed by atoms with E-state index < -0.39 is 16.0 Å². The van der Waals surface area contributed by atoms with Crippen LogP contribution in [0.15, 0.2) is 29.2 Å². The Morgan fingerprint density at radius 3 is 2.47 bits per heavy atom. The van der Waals surface area contributed by atoms with Gasteiger partial charge in [-0.05, 0) is 57.7 Å². The maximum Gasteiger partial charge on any atom is 0.341 e. The number of sulfonamides is 1. The van der Waals surface area contributed by atoms with Crippen molar-refractivity contribution in [1.29, 1.82) is 0 Å². The number of carbonyl (C=O) groups is 2. The van der Waals surface area contributed by atoms with Gasteiger partial charge in [0.1, 0.15) is 10.5 Å². The van der Waals surface area contributed by atoms with E-state index in [0.29, 0.717) is 24.2 Å². The van der Waals surface area contributed by atoms with Crippen LogP contribution in [0.2, 0.25) is 0 Å². The smallest absolute Gasteiger partial charge is 0.341 e. The Morgan fingerprint density at radius 2 is 1.84 bits per heavy atom. The average Bonchev–Trinajstić information content (AvgIpc) is 3.08. The molecule has 0 aliphatic carbocycles. The minimum absolute atomic E-state index is 0.0345. The highest BCUT2D eigenvalue weighted by Gasteiger charge is 2.37. The molecule has 3 rings (SSSR count). The molecule has 1 fully saturated rings. The number of rotatable bonds is 7. The number of ether oxygens (including phenoxy) is 1. The van der Waals surface area contributed by atoms with E-state index in [1.54, 1.807) is 20.8 Å². The summed E-state index contributed by atoms with van der Waals surface area (Å²) < 4.78 is 33.2. The molecule has 0 spiro atoms. The monoisotopic (exact) mass is 461 g/mol. The van der Waals surface area contributed by atoms with Crippen LogP contribution in [-0.4, -0.2) is 49.3 Å². The second kappa shape index (κ2) is 9.87. The van der Waals surface area contributed by atoms with E-state index >= 15 is 0 Å². The van der Waals surface area contributed by atoms with Crippen molar-refractivity contribution in [2.75, 3.05) is 25.0 Å². The van der Waals surface area contributed by atoms with Gasteiger partial charge in [-0.1, -0.05) is 19.1 Å². The highest BCUT2D eigenvalue weighted by Crippen LogP contribution is 2.31. The first-order chi connectivity index (χ1) is 15.2. The second-order valence-electron chi connectivity index (χ2n) is 8.02. The predicted octanol–water partition coefficient (Wildman–Crippen LogP) is 3.41. The third-order valence-corrected chi connectivity index (χ3v) is 7.89. The molecule has 0 bridgehead atoms. The molecule has 2 aromatic rings. The summed E-state index contributed by atoms with van der Waals surface area (Å²) in [5, 5.41) is 2.95. The van der Waals surface area contributed by atoms with Gasteiger partial charge in [0, 0.05) is 36.1 Å². The molecule has 0 unspecified atom stereocenters. The maximum atomic E-state index is 13.4. The van der Waals surface area contributed by atoms with Gasteiger partial charge < -0.3 is 15.0 Å². The van der Waals surface area contributed by atoms with Crippen molar-refractivity contribution in [3.05, 3.63) is 46.8 Å². The summed E-state index contributed by atoms with van der Waals surface area (Å²) >= 11 is 0. The van der Waals surface area contributed by atoms with Crippen LogP contribution in [0.5, 0.6) is 0 Å². The molecule has 32 heavy (non-hydrogen) atoms. The molecule has 2 N–H and O–H groups in total. The second-order valence-corrected chi connectivity index (χ2v) is 9.90. The maximum absolute atomic E-state index is 13.4. The number of piperidine rings is 1. The van der Waals surface area contributed by atoms with Crippen molar-refractivity contribution in [1.82, 2.24) is 9.29 Å². The van der Waals surface area contributed by atoms with Crippen LogP contribution in [0.1, 0.15) is 54.0 Å². The van der Waals surface area contributed by atoms with Crippen LogP contribution in [0.3, 0.4) is 0 Å². The number of esters is 1. The molecule has 8 nitrogen and oxygen atoms in total. The van der Waals surface area contributed by atoms with Gasteiger partial charge in [-0.3, -0.25) is 4.79 Å². The molecule has 174 valence electrons. The minimum Gasteiger partial charge on any atom is -0.462 e. The van der Waals surface area contributed by atoms with Crippen LogP contribution < -0.4 is 5.32 Å². The number of amides is 1. The van der Waals surface area contributed by atoms with Crippen LogP contribution in [0, 0.1) is 19.8 Å². The number of aromatic amines is 1. The molecule has 0 saturated carbocycles. The largest absolute Gasteiger partial charge is 0.462 e. The average molecular weight is 462 g/mol. The van der Waals surface area contributed by atoms with Crippen molar-refractivity contribution in [2.24, 2.45) is 5.92 Å². The molecular formula is C23H31N3O5S. The van der Waals surface area contributed by atoms with E-state index in [-0.39, 0.29) is 42.0 Å². The molecule has 1 saturated heterocycles. The van der Waals surface area contributed by atoms with Crippen molar-refractivity contribution < 1.29 is 22.7 Å². The van der Waals surface area contributed by atoms with E-state index in [9.17, 15) is 18.0 Å². The summed E-state index contributed by atoms with van der Waals surface area (Å²) in [5.41, 5.74) is 2.81. The third kappa shape index (κ3) is 4.88. The lowest BCUT2D eigenvalue weighted by Crippen LogP contribution is -2.41. The summed E-state index contributed by atoms with van der Waals surface area (Å²) in [6.07, 6.45) is 1.71. The first-order valence-corrected chi connectivity index (χ1v) is 12.4. The van der Waals surface area contributed by atoms with Gasteiger partial charge in [0.05, 0.1) is 6.61 Å². The number of carbonyl (C=O) groups excluding carboxylic acids is 2. The van der Waals surface area contributed by atoms with E-state index in [1.807, 2.05) is 24.3 Å². The molecule has 0 atom stereocenters. The van der Waals surface area contributed by atoms with Gasteiger partial charge in [-0.15, -0.1) is 0 Å². The summed E-state index contributed by atoms with van der Waals surface area (Å²) in [7, 11) is -3.91. The van der Waals surface area contributed by atoms with Crippen molar-refractivity contribution in [3.63, 3.8) is 0 Å². The van der Waals surface area contributed by atoms with E-state index in [4.69, 9.17) is 4.74 Å². The topological polar surface area (TPSA) is 109 Å². The number of H-pyrrole nitrogens is 1. The van der Waals surface area contributed by atoms with Crippen molar-refractivity contribution in [3.8, 4) is 0 Å². The van der Waals surface area contributed by atoms with E-state index in [2.05, 4.69) is 17.2 Å². The standard InChI is InChI=1S/C23H31N3O5S/c1-5-17-8-7-9-19(14-17)25-22(27)18-10-12-26(13-11-18)32(29,30)21-16(4)24-15(3)20(21)23(28)31-6-2/h7-9,14,18,24H,5-6,10-13H2,1-4H3,(H,25,27). The normalized spacial score (nSPS) is 15.5. The summed E-state index contributed by atoms with van der Waals surface area (Å²) in [6, 6.07) is 7.72. The molecule has 1 aliphatic rings. The number of anilines is 1. The zero-order valence-electron chi connectivity index (χ0n) is 19.0. The number of aryl methyl sites for hydroxylation is 3. The zero-order valence-corrected chi connectivity index (χ0v) is 19.8. The summed E-state index contributed by atoms with van der Waals surface area (Å²) in [4.78, 5) is 28.1. The molecule has 1 aromatic carbocycles. The van der Waals surface area contributed by atoms with Crippen molar-refractivity contribution >= 4 is 27.6 Å². The molecular weight excluding hydrogens is 430 g/mol. The Bertz CT molecular complexity index is 1100. The molecule has 1 aliphatic heterocycles. The Kier molecular flexibility index (Phi) is 7.40. The number of nitrogens with one attached hydrogen (secondary N) is 2. The van der Waals surface area contributed by atoms with Crippen LogP contribution in [0.25, 0.3) is 0 Å². The molecule has 2 heterocycles. The lowest BCUT2D eigenvalue weighted by molar-refractivity contribution is -0.120. The summed E-state index contributed by atoms with van der Waals surface area (Å²) in [5.74, 6) is -1.03. The molecule has 1 aromatic heterocycles. The Balaban J connectivity index is 1.72. The van der Waals surface area contributed by atoms with Crippen molar-refractivity contribution in [2.45, 2.75) is 51.9 Å². The third-order valence-electron chi connectivity index (χ3n) is 5.82. The van der Waals surface area contributed by atoms with Gasteiger partial charge in [0.2, 0.25) is 15.9 Å². The lowest BCUT2D eigenvalue weighted by Gasteiger charge is -2.30. The van der Waals surface area contributed by atoms with E-state index in [0.717, 1.165) is 17.7 Å². The fourth-order valence-electron chi connectivity index (χ4n) is 4.13. The molecule has 1 amide bonds. The van der Waals surface area contributed by atoms with Crippen LogP contribution in [0.4, 0.5) is 5.69 Å². The van der Waals surface area contributed by atoms with Gasteiger partial charge >= 0.3 is 5.97 Å².